The van der Waals surface area contributed by atoms with E-state index in [9.17, 15) is 0 Å². The zero-order valence-electron chi connectivity index (χ0n) is 17.4. The van der Waals surface area contributed by atoms with Crippen LogP contribution in [-0.2, 0) is 9.47 Å². The topological polar surface area (TPSA) is 24.9 Å². The maximum absolute atomic E-state index is 5.73. The van der Waals surface area contributed by atoms with Gasteiger partial charge in [-0.3, -0.25) is 9.80 Å². The predicted molar refractivity (Wildman–Crippen MR) is 105 cm³/mol. The van der Waals surface area contributed by atoms with Crippen molar-refractivity contribution < 1.29 is 9.47 Å². The summed E-state index contributed by atoms with van der Waals surface area (Å²) in [5, 5.41) is 0. The molecule has 0 bridgehead atoms. The van der Waals surface area contributed by atoms with E-state index in [2.05, 4.69) is 37.5 Å². The van der Waals surface area contributed by atoms with E-state index in [0.29, 0.717) is 6.10 Å². The van der Waals surface area contributed by atoms with Gasteiger partial charge in [0, 0.05) is 57.6 Å². The molecule has 25 heavy (non-hydrogen) atoms. The Balaban J connectivity index is 1.69. The minimum absolute atomic E-state index is 0.358. The Hall–Kier alpha value is -0.160. The molecular weight excluding hydrogens is 312 g/mol. The van der Waals surface area contributed by atoms with Crippen LogP contribution in [0, 0.1) is 0 Å². The molecule has 4 atom stereocenters. The first-order valence-corrected chi connectivity index (χ1v) is 10.6. The van der Waals surface area contributed by atoms with Gasteiger partial charge in [0.2, 0.25) is 0 Å². The molecule has 4 nitrogen and oxygen atoms in total. The normalized spacial score (nSPS) is 31.0. The van der Waals surface area contributed by atoms with E-state index in [1.165, 1.54) is 58.0 Å². The van der Waals surface area contributed by atoms with Crippen molar-refractivity contribution in [1.82, 2.24) is 9.80 Å². The largest absolute Gasteiger partial charge is 0.385 e. The molecule has 0 aromatic carbocycles. The summed E-state index contributed by atoms with van der Waals surface area (Å²) in [4.78, 5) is 5.47. The fraction of sp³-hybridized carbons (Fsp3) is 1.00. The van der Waals surface area contributed by atoms with Crippen molar-refractivity contribution in [3.8, 4) is 0 Å². The van der Waals surface area contributed by atoms with Gasteiger partial charge in [-0.15, -0.1) is 0 Å². The highest BCUT2D eigenvalue weighted by Crippen LogP contribution is 2.33. The van der Waals surface area contributed by atoms with Crippen LogP contribution in [0.15, 0.2) is 0 Å². The van der Waals surface area contributed by atoms with Gasteiger partial charge in [-0.25, -0.2) is 0 Å². The van der Waals surface area contributed by atoms with E-state index in [4.69, 9.17) is 9.47 Å². The lowest BCUT2D eigenvalue weighted by Crippen LogP contribution is -2.55. The van der Waals surface area contributed by atoms with E-state index in [-0.39, 0.29) is 0 Å². The van der Waals surface area contributed by atoms with Crippen molar-refractivity contribution in [1.29, 1.82) is 0 Å². The summed E-state index contributed by atoms with van der Waals surface area (Å²) in [7, 11) is 1.80. The maximum Gasteiger partial charge on any atom is 0.0518 e. The molecule has 4 heteroatoms. The molecule has 2 saturated heterocycles. The minimum Gasteiger partial charge on any atom is -0.385 e. The maximum atomic E-state index is 5.73. The van der Waals surface area contributed by atoms with Crippen molar-refractivity contribution in [3.63, 3.8) is 0 Å². The third-order valence-electron chi connectivity index (χ3n) is 6.21. The predicted octanol–water partition coefficient (Wildman–Crippen LogP) is 3.93. The van der Waals surface area contributed by atoms with Crippen LogP contribution in [-0.4, -0.2) is 73.5 Å². The Labute approximate surface area is 156 Å². The van der Waals surface area contributed by atoms with Gasteiger partial charge in [0.05, 0.1) is 6.10 Å². The zero-order valence-corrected chi connectivity index (χ0v) is 17.4. The molecule has 2 aliphatic rings. The summed E-state index contributed by atoms with van der Waals surface area (Å²) in [6.07, 6.45) is 9.57. The van der Waals surface area contributed by atoms with Crippen molar-refractivity contribution >= 4 is 0 Å². The van der Waals surface area contributed by atoms with Crippen LogP contribution in [0.2, 0.25) is 0 Å². The average Bonchev–Trinajstić information content (AvgIpc) is 2.92. The van der Waals surface area contributed by atoms with Crippen molar-refractivity contribution in [2.45, 2.75) is 103 Å². The monoisotopic (exact) mass is 354 g/mol. The van der Waals surface area contributed by atoms with Crippen molar-refractivity contribution in [2.75, 3.05) is 33.4 Å². The molecule has 148 valence electrons. The van der Waals surface area contributed by atoms with Gasteiger partial charge in [-0.2, -0.15) is 0 Å². The summed E-state index contributed by atoms with van der Waals surface area (Å²) in [5.74, 6) is 0. The molecule has 2 heterocycles. The molecule has 2 aliphatic heterocycles. The van der Waals surface area contributed by atoms with Gasteiger partial charge in [0.15, 0.2) is 0 Å². The Kier molecular flexibility index (Phi) is 9.18. The Morgan fingerprint density at radius 1 is 0.880 bits per heavy atom. The molecule has 0 aromatic rings. The summed E-state index contributed by atoms with van der Waals surface area (Å²) < 4.78 is 10.9. The fourth-order valence-electron chi connectivity index (χ4n) is 4.75. The van der Waals surface area contributed by atoms with Crippen molar-refractivity contribution in [2.24, 2.45) is 0 Å². The van der Waals surface area contributed by atoms with Gasteiger partial charge < -0.3 is 9.47 Å². The Morgan fingerprint density at radius 3 is 2.16 bits per heavy atom. The second kappa shape index (κ2) is 10.9. The second-order valence-corrected chi connectivity index (χ2v) is 8.49. The van der Waals surface area contributed by atoms with E-state index in [0.717, 1.165) is 37.4 Å². The SMILES string of the molecule is COCCCN1C(C)CC1CC[C@@H]1CC[C@H](C)N1CCCOC(C)C. The van der Waals surface area contributed by atoms with E-state index in [1.54, 1.807) is 7.11 Å². The number of ether oxygens (including phenoxy) is 2. The lowest BCUT2D eigenvalue weighted by Gasteiger charge is -2.48. The third-order valence-corrected chi connectivity index (χ3v) is 6.21. The molecular formula is C21H42N2O2. The summed E-state index contributed by atoms with van der Waals surface area (Å²) >= 11 is 0. The van der Waals surface area contributed by atoms with Gasteiger partial charge >= 0.3 is 0 Å². The van der Waals surface area contributed by atoms with E-state index >= 15 is 0 Å². The molecule has 0 aromatic heterocycles. The van der Waals surface area contributed by atoms with Crippen molar-refractivity contribution in [3.05, 3.63) is 0 Å². The van der Waals surface area contributed by atoms with Gasteiger partial charge in [0.25, 0.3) is 0 Å². The van der Waals surface area contributed by atoms with Crippen LogP contribution in [0.3, 0.4) is 0 Å². The first-order chi connectivity index (χ1) is 12.0. The lowest BCUT2D eigenvalue weighted by atomic mass is 9.88. The molecule has 0 N–H and O–H groups in total. The highest BCUT2D eigenvalue weighted by molar-refractivity contribution is 4.92. The molecule has 2 fully saturated rings. The van der Waals surface area contributed by atoms with Crippen LogP contribution in [0.1, 0.15) is 72.6 Å². The lowest BCUT2D eigenvalue weighted by molar-refractivity contribution is 0.00844. The standard InChI is InChI=1S/C21H42N2O2/c1-17(2)25-15-7-13-22-18(3)8-9-20(22)10-11-21-16-19(4)23(21)12-6-14-24-5/h17-21H,6-16H2,1-5H3/t18-,19?,20-,21?/m0/s1. The number of rotatable bonds is 12. The number of hydrogen-bond acceptors (Lipinski definition) is 4. The number of methoxy groups -OCH3 is 1. The number of nitrogens with zero attached hydrogens (tertiary/aromatic N) is 2. The smallest absolute Gasteiger partial charge is 0.0518 e. The number of likely N-dealkylation sites (tertiary alicyclic amines) is 2. The van der Waals surface area contributed by atoms with Gasteiger partial charge in [0.1, 0.15) is 0 Å². The van der Waals surface area contributed by atoms with Crippen LogP contribution >= 0.6 is 0 Å². The Bertz CT molecular complexity index is 364. The quantitative estimate of drug-likeness (QED) is 0.496. The van der Waals surface area contributed by atoms with Gasteiger partial charge in [-0.05, 0) is 72.6 Å². The fourth-order valence-corrected chi connectivity index (χ4v) is 4.75. The highest BCUT2D eigenvalue weighted by Gasteiger charge is 2.36. The second-order valence-electron chi connectivity index (χ2n) is 8.49. The molecule has 0 aliphatic carbocycles. The van der Waals surface area contributed by atoms with Crippen LogP contribution in [0.25, 0.3) is 0 Å². The van der Waals surface area contributed by atoms with Crippen LogP contribution < -0.4 is 0 Å². The Morgan fingerprint density at radius 2 is 1.52 bits per heavy atom. The first kappa shape index (κ1) is 21.1. The summed E-state index contributed by atoms with van der Waals surface area (Å²) in [5.41, 5.74) is 0. The zero-order chi connectivity index (χ0) is 18.2. The molecule has 0 amide bonds. The minimum atomic E-state index is 0.358. The molecule has 2 unspecified atom stereocenters. The molecule has 0 saturated carbocycles. The van der Waals surface area contributed by atoms with E-state index < -0.39 is 0 Å². The molecule has 0 radical (unpaired) electrons. The highest BCUT2D eigenvalue weighted by atomic mass is 16.5. The van der Waals surface area contributed by atoms with Crippen LogP contribution in [0.4, 0.5) is 0 Å². The van der Waals surface area contributed by atoms with Crippen LogP contribution in [0.5, 0.6) is 0 Å². The van der Waals surface area contributed by atoms with Gasteiger partial charge in [-0.1, -0.05) is 0 Å². The molecule has 0 spiro atoms. The first-order valence-electron chi connectivity index (χ1n) is 10.6. The third kappa shape index (κ3) is 6.50. The molecule has 2 rings (SSSR count). The number of hydrogen-bond donors (Lipinski definition) is 0. The average molecular weight is 355 g/mol. The summed E-state index contributed by atoms with van der Waals surface area (Å²) in [6.45, 7) is 13.2. The van der Waals surface area contributed by atoms with E-state index in [1.807, 2.05) is 0 Å². The summed E-state index contributed by atoms with van der Waals surface area (Å²) in [6, 6.07) is 3.13.